The fourth-order valence-electron chi connectivity index (χ4n) is 3.04. The average Bonchev–Trinajstić information content (AvgIpc) is 2.98. The van der Waals surface area contributed by atoms with Crippen LogP contribution in [0.3, 0.4) is 0 Å². The first kappa shape index (κ1) is 21.6. The molecule has 2 amide bonds. The number of aryl methyl sites for hydroxylation is 1. The summed E-state index contributed by atoms with van der Waals surface area (Å²) in [5, 5.41) is 2.16. The third kappa shape index (κ3) is 4.57. The molecule has 0 radical (unpaired) electrons. The molecule has 5 nitrogen and oxygen atoms in total. The van der Waals surface area contributed by atoms with E-state index in [1.54, 1.807) is 24.3 Å². The van der Waals surface area contributed by atoms with Gasteiger partial charge in [-0.2, -0.15) is 0 Å². The number of amides is 2. The monoisotopic (exact) mass is 449 g/mol. The van der Waals surface area contributed by atoms with Crippen LogP contribution in [0.5, 0.6) is 0 Å². The molecule has 1 atom stereocenters. The Bertz CT molecular complexity index is 1050. The van der Waals surface area contributed by atoms with Crippen molar-refractivity contribution in [3.8, 4) is 0 Å². The standard InChI is InChI=1S/C21H20ClNO4S2/c1-15-6-12-18(13-7-15)29(26,27)21(19(24)23-20(25)28-21)14-4-2-3-5-16-8-10-17(22)11-9-16/h3,5-13H,2,4,14H2,1H3,(H,23,24,25). The zero-order valence-electron chi connectivity index (χ0n) is 15.7. The third-order valence-electron chi connectivity index (χ3n) is 4.64. The van der Waals surface area contributed by atoms with Gasteiger partial charge < -0.3 is 0 Å². The Hall–Kier alpha value is -2.09. The van der Waals surface area contributed by atoms with Crippen LogP contribution in [-0.2, 0) is 14.6 Å². The number of unbranched alkanes of at least 4 members (excludes halogenated alkanes) is 1. The number of carbonyl (C=O) groups excluding carboxylic acids is 2. The maximum Gasteiger partial charge on any atom is 0.287 e. The number of halogens is 1. The highest BCUT2D eigenvalue weighted by molar-refractivity contribution is 8.25. The van der Waals surface area contributed by atoms with Crippen LogP contribution in [-0.4, -0.2) is 23.6 Å². The van der Waals surface area contributed by atoms with Crippen LogP contribution < -0.4 is 5.32 Å². The van der Waals surface area contributed by atoms with E-state index in [-0.39, 0.29) is 11.3 Å². The highest BCUT2D eigenvalue weighted by Crippen LogP contribution is 2.44. The van der Waals surface area contributed by atoms with Gasteiger partial charge in [-0.05, 0) is 67.8 Å². The fraction of sp³-hybridized carbons (Fsp3) is 0.238. The molecule has 0 bridgehead atoms. The number of benzene rings is 2. The van der Waals surface area contributed by atoms with Gasteiger partial charge in [-0.25, -0.2) is 8.42 Å². The predicted octanol–water partition coefficient (Wildman–Crippen LogP) is 4.99. The molecule has 1 fully saturated rings. The average molecular weight is 450 g/mol. The zero-order valence-corrected chi connectivity index (χ0v) is 18.1. The lowest BCUT2D eigenvalue weighted by Gasteiger charge is -2.24. The molecule has 1 N–H and O–H groups in total. The minimum absolute atomic E-state index is 0.0381. The highest BCUT2D eigenvalue weighted by Gasteiger charge is 2.57. The van der Waals surface area contributed by atoms with Crippen molar-refractivity contribution in [2.24, 2.45) is 0 Å². The second-order valence-corrected chi connectivity index (χ2v) is 10.9. The summed E-state index contributed by atoms with van der Waals surface area (Å²) in [7, 11) is -4.05. The molecule has 1 unspecified atom stereocenters. The van der Waals surface area contributed by atoms with E-state index in [1.807, 2.05) is 31.2 Å². The van der Waals surface area contributed by atoms with Crippen molar-refractivity contribution in [2.45, 2.75) is 35.2 Å². The number of imide groups is 1. The summed E-state index contributed by atoms with van der Waals surface area (Å²) in [6.07, 6.45) is 4.86. The van der Waals surface area contributed by atoms with Crippen LogP contribution in [0.1, 0.15) is 30.4 Å². The van der Waals surface area contributed by atoms with Crippen LogP contribution in [0.25, 0.3) is 6.08 Å². The second-order valence-electron chi connectivity index (χ2n) is 6.76. The number of allylic oxidation sites excluding steroid dienone is 1. The maximum atomic E-state index is 13.3. The van der Waals surface area contributed by atoms with E-state index in [4.69, 9.17) is 11.6 Å². The van der Waals surface area contributed by atoms with E-state index in [9.17, 15) is 18.0 Å². The molecule has 3 rings (SSSR count). The Labute approximate surface area is 179 Å². The lowest BCUT2D eigenvalue weighted by Crippen LogP contribution is -2.43. The van der Waals surface area contributed by atoms with Crippen LogP contribution in [0, 0.1) is 6.92 Å². The van der Waals surface area contributed by atoms with Gasteiger partial charge in [-0.3, -0.25) is 14.9 Å². The van der Waals surface area contributed by atoms with Gasteiger partial charge in [0.1, 0.15) is 0 Å². The second kappa shape index (κ2) is 8.73. The number of sulfone groups is 1. The summed E-state index contributed by atoms with van der Waals surface area (Å²) >= 11 is 6.42. The Morgan fingerprint density at radius 3 is 2.31 bits per heavy atom. The number of rotatable bonds is 7. The van der Waals surface area contributed by atoms with Gasteiger partial charge in [-0.15, -0.1) is 0 Å². The third-order valence-corrected chi connectivity index (χ3v) is 8.96. The molecule has 1 aliphatic rings. The number of hydrogen-bond donors (Lipinski definition) is 1. The Morgan fingerprint density at radius 1 is 1.07 bits per heavy atom. The summed E-state index contributed by atoms with van der Waals surface area (Å²) in [6, 6.07) is 13.6. The molecule has 29 heavy (non-hydrogen) atoms. The summed E-state index contributed by atoms with van der Waals surface area (Å²) in [5.41, 5.74) is 1.88. The van der Waals surface area contributed by atoms with Gasteiger partial charge in [0, 0.05) is 5.02 Å². The van der Waals surface area contributed by atoms with Crippen molar-refractivity contribution in [1.29, 1.82) is 0 Å². The van der Waals surface area contributed by atoms with Crippen molar-refractivity contribution in [1.82, 2.24) is 5.32 Å². The maximum absolute atomic E-state index is 13.3. The smallest absolute Gasteiger partial charge is 0.285 e. The molecule has 2 aromatic carbocycles. The Kier molecular flexibility index (Phi) is 6.51. The summed E-state index contributed by atoms with van der Waals surface area (Å²) in [6.45, 7) is 1.85. The molecule has 8 heteroatoms. The zero-order chi connectivity index (χ0) is 21.1. The molecule has 152 valence electrons. The molecule has 1 heterocycles. The first-order valence-corrected chi connectivity index (χ1v) is 11.7. The van der Waals surface area contributed by atoms with Crippen molar-refractivity contribution < 1.29 is 18.0 Å². The first-order valence-electron chi connectivity index (χ1n) is 9.02. The predicted molar refractivity (Wildman–Crippen MR) is 117 cm³/mol. The molecule has 0 spiro atoms. The van der Waals surface area contributed by atoms with E-state index < -0.39 is 25.1 Å². The van der Waals surface area contributed by atoms with E-state index in [2.05, 4.69) is 5.32 Å². The van der Waals surface area contributed by atoms with Gasteiger partial charge in [0.15, 0.2) is 0 Å². The number of hydrogen-bond acceptors (Lipinski definition) is 5. The molecule has 0 aliphatic carbocycles. The van der Waals surface area contributed by atoms with Gasteiger partial charge in [0.25, 0.3) is 11.1 Å². The SMILES string of the molecule is Cc1ccc(S(=O)(=O)C2(CCCC=Cc3ccc(Cl)cc3)SC(=O)NC2=O)cc1. The number of carbonyl (C=O) groups is 2. The lowest BCUT2D eigenvalue weighted by molar-refractivity contribution is -0.120. The lowest BCUT2D eigenvalue weighted by atomic mass is 10.1. The Balaban J connectivity index is 1.77. The quantitative estimate of drug-likeness (QED) is 0.602. The summed E-state index contributed by atoms with van der Waals surface area (Å²) < 4.78 is 24.7. The largest absolute Gasteiger partial charge is 0.287 e. The minimum atomic E-state index is -4.05. The number of thioether (sulfide) groups is 1. The molecule has 2 aromatic rings. The fourth-order valence-corrected chi connectivity index (χ4v) is 6.54. The molecule has 1 saturated heterocycles. The molecule has 0 saturated carbocycles. The van der Waals surface area contributed by atoms with E-state index in [0.29, 0.717) is 29.6 Å². The van der Waals surface area contributed by atoms with Gasteiger partial charge in [-0.1, -0.05) is 53.6 Å². The highest BCUT2D eigenvalue weighted by atomic mass is 35.5. The molecular formula is C21H20ClNO4S2. The van der Waals surface area contributed by atoms with Crippen molar-refractivity contribution in [3.63, 3.8) is 0 Å². The Morgan fingerprint density at radius 2 is 1.72 bits per heavy atom. The van der Waals surface area contributed by atoms with Crippen molar-refractivity contribution in [3.05, 3.63) is 70.8 Å². The van der Waals surface area contributed by atoms with Gasteiger partial charge >= 0.3 is 0 Å². The van der Waals surface area contributed by atoms with Crippen LogP contribution in [0.15, 0.2) is 59.5 Å². The summed E-state index contributed by atoms with van der Waals surface area (Å²) in [4.78, 5) is 24.4. The van der Waals surface area contributed by atoms with Crippen LogP contribution >= 0.6 is 23.4 Å². The topological polar surface area (TPSA) is 80.3 Å². The first-order chi connectivity index (χ1) is 13.7. The van der Waals surface area contributed by atoms with Gasteiger partial charge in [0.2, 0.25) is 13.9 Å². The van der Waals surface area contributed by atoms with E-state index >= 15 is 0 Å². The molecule has 0 aromatic heterocycles. The van der Waals surface area contributed by atoms with Crippen LogP contribution in [0.4, 0.5) is 4.79 Å². The van der Waals surface area contributed by atoms with Crippen molar-refractivity contribution >= 4 is 50.4 Å². The van der Waals surface area contributed by atoms with Crippen molar-refractivity contribution in [2.75, 3.05) is 0 Å². The summed E-state index contributed by atoms with van der Waals surface area (Å²) in [5.74, 6) is -0.769. The van der Waals surface area contributed by atoms with Gasteiger partial charge in [0.05, 0.1) is 4.90 Å². The van der Waals surface area contributed by atoms with E-state index in [0.717, 1.165) is 11.1 Å². The minimum Gasteiger partial charge on any atom is -0.285 e. The number of nitrogens with one attached hydrogen (secondary N) is 1. The normalized spacial score (nSPS) is 19.7. The molecule has 1 aliphatic heterocycles. The van der Waals surface area contributed by atoms with E-state index in [1.165, 1.54) is 12.1 Å². The van der Waals surface area contributed by atoms with Crippen LogP contribution in [0.2, 0.25) is 5.02 Å². The molecular weight excluding hydrogens is 430 g/mol.